The number of unbranched alkanes of at least 4 members (excludes halogenated alkanes) is 1. The molecule has 1 unspecified atom stereocenters. The quantitative estimate of drug-likeness (QED) is 0.218. The Bertz CT molecular complexity index is 1750. The van der Waals surface area contributed by atoms with Gasteiger partial charge in [0.15, 0.2) is 17.1 Å². The zero-order valence-electron chi connectivity index (χ0n) is 20.8. The van der Waals surface area contributed by atoms with E-state index in [9.17, 15) is 5.11 Å². The number of aryl methyl sites for hydroxylation is 1. The van der Waals surface area contributed by atoms with E-state index in [-0.39, 0.29) is 16.6 Å². The smallest absolute Gasteiger partial charge is 0.184 e. The number of nitrogens with zero attached hydrogens (tertiary/aromatic N) is 7. The van der Waals surface area contributed by atoms with Crippen LogP contribution in [0.1, 0.15) is 31.9 Å². The molecule has 0 aliphatic heterocycles. The van der Waals surface area contributed by atoms with Gasteiger partial charge in [-0.05, 0) is 31.9 Å². The van der Waals surface area contributed by atoms with Gasteiger partial charge in [-0.3, -0.25) is 10.1 Å². The number of H-pyrrole nitrogens is 2. The lowest BCUT2D eigenvalue weighted by Gasteiger charge is -2.14. The number of hydrogen-bond acceptors (Lipinski definition) is 8. The number of anilines is 1. The first-order valence-electron chi connectivity index (χ1n) is 12.3. The lowest BCUT2D eigenvalue weighted by Crippen LogP contribution is -2.18. The first-order valence-corrected chi connectivity index (χ1v) is 12.3. The zero-order valence-corrected chi connectivity index (χ0v) is 20.8. The van der Waals surface area contributed by atoms with Gasteiger partial charge in [0.1, 0.15) is 23.3 Å². The van der Waals surface area contributed by atoms with Gasteiger partial charge >= 0.3 is 0 Å². The Morgan fingerprint density at radius 3 is 2.87 bits per heavy atom. The third kappa shape index (κ3) is 4.24. The van der Waals surface area contributed by atoms with E-state index in [1.165, 1.54) is 6.20 Å². The molecule has 1 atom stereocenters. The van der Waals surface area contributed by atoms with Gasteiger partial charge in [0.2, 0.25) is 0 Å². The van der Waals surface area contributed by atoms with Crippen LogP contribution in [0.5, 0.6) is 0 Å². The molecule has 0 radical (unpaired) electrons. The number of aliphatic hydroxyl groups is 1. The van der Waals surface area contributed by atoms with Crippen molar-refractivity contribution >= 4 is 27.9 Å². The lowest BCUT2D eigenvalue weighted by molar-refractivity contribution is 0.190. The number of aromatic amines is 2. The highest BCUT2D eigenvalue weighted by Gasteiger charge is 2.21. The molecule has 0 aromatic carbocycles. The predicted molar refractivity (Wildman–Crippen MR) is 141 cm³/mol. The number of rotatable bonds is 8. The van der Waals surface area contributed by atoms with Crippen LogP contribution in [-0.2, 0) is 0 Å². The van der Waals surface area contributed by atoms with Crippen molar-refractivity contribution in [3.8, 4) is 28.3 Å². The number of imidazole rings is 2. The maximum Gasteiger partial charge on any atom is 0.184 e. The summed E-state index contributed by atoms with van der Waals surface area (Å²) in [5, 5.41) is 20.5. The SMILES string of the molecule is CCCCC(O)Nc1cncc(-c2cnc3n[nH]c(-c4nc5nccc(-n6cnc(C)c6)c5[nH]4)c3c2F)c1. The molecule has 0 aliphatic rings. The summed E-state index contributed by atoms with van der Waals surface area (Å²) in [6.07, 6.45) is 11.6. The minimum absolute atomic E-state index is 0.197. The molecule has 192 valence electrons. The van der Waals surface area contributed by atoms with Crippen LogP contribution in [0.3, 0.4) is 0 Å². The van der Waals surface area contributed by atoms with Gasteiger partial charge in [0.25, 0.3) is 0 Å². The van der Waals surface area contributed by atoms with Crippen LogP contribution < -0.4 is 5.32 Å². The summed E-state index contributed by atoms with van der Waals surface area (Å²) in [5.74, 6) is -0.132. The Balaban J connectivity index is 1.40. The average molecular weight is 513 g/mol. The van der Waals surface area contributed by atoms with Gasteiger partial charge in [0.05, 0.1) is 35.0 Å². The predicted octanol–water partition coefficient (Wildman–Crippen LogP) is 4.51. The molecule has 38 heavy (non-hydrogen) atoms. The molecular weight excluding hydrogens is 487 g/mol. The van der Waals surface area contributed by atoms with Crippen molar-refractivity contribution in [1.29, 1.82) is 0 Å². The van der Waals surface area contributed by atoms with Gasteiger partial charge in [-0.1, -0.05) is 13.3 Å². The second kappa shape index (κ2) is 9.63. The molecule has 6 aromatic rings. The minimum Gasteiger partial charge on any atom is -0.374 e. The molecular formula is C26H25FN10O. The summed E-state index contributed by atoms with van der Waals surface area (Å²) < 4.78 is 17.9. The summed E-state index contributed by atoms with van der Waals surface area (Å²) in [5.41, 5.74) is 4.77. The Hall–Kier alpha value is -4.71. The molecule has 12 heteroatoms. The second-order valence-corrected chi connectivity index (χ2v) is 9.08. The maximum atomic E-state index is 16.0. The Morgan fingerprint density at radius 1 is 1.16 bits per heavy atom. The standard InChI is InChI=1S/C26H25FN10O/c1-3-4-5-19(38)32-16-8-15(9-28-10-16)17-11-30-24-20(21(17)27)23(35-36-24)26-33-22-18(6-7-29-25(22)34-26)37-12-14(2)31-13-37/h6-13,19,32,38H,3-5H2,1-2H3,(H,29,33,34)(H,30,35,36). The van der Waals surface area contributed by atoms with Crippen LogP contribution >= 0.6 is 0 Å². The van der Waals surface area contributed by atoms with Crippen molar-refractivity contribution in [3.05, 3.63) is 61.0 Å². The zero-order chi connectivity index (χ0) is 26.2. The third-order valence-corrected chi connectivity index (χ3v) is 6.33. The molecule has 6 aromatic heterocycles. The number of fused-ring (bicyclic) bond motifs is 2. The van der Waals surface area contributed by atoms with Crippen molar-refractivity contribution in [2.24, 2.45) is 0 Å². The number of nitrogens with one attached hydrogen (secondary N) is 3. The molecule has 6 heterocycles. The van der Waals surface area contributed by atoms with Crippen LogP contribution in [0.25, 0.3) is 50.5 Å². The van der Waals surface area contributed by atoms with Crippen LogP contribution in [0, 0.1) is 12.7 Å². The van der Waals surface area contributed by atoms with E-state index in [4.69, 9.17) is 0 Å². The number of hydrogen-bond donors (Lipinski definition) is 4. The molecule has 0 spiro atoms. The minimum atomic E-state index is -0.712. The highest BCUT2D eigenvalue weighted by molar-refractivity contribution is 5.94. The Kier molecular flexibility index (Phi) is 6.00. The van der Waals surface area contributed by atoms with Crippen molar-refractivity contribution in [3.63, 3.8) is 0 Å². The molecule has 0 saturated heterocycles. The molecule has 4 N–H and O–H groups in total. The molecule has 0 saturated carbocycles. The number of pyridine rings is 3. The molecule has 6 rings (SSSR count). The van der Waals surface area contributed by atoms with Crippen LogP contribution in [-0.4, -0.2) is 56.0 Å². The summed E-state index contributed by atoms with van der Waals surface area (Å²) in [6.45, 7) is 3.97. The van der Waals surface area contributed by atoms with E-state index < -0.39 is 12.0 Å². The summed E-state index contributed by atoms with van der Waals surface area (Å²) in [6, 6.07) is 3.59. The van der Waals surface area contributed by atoms with E-state index in [2.05, 4.69) is 52.3 Å². The maximum absolute atomic E-state index is 16.0. The van der Waals surface area contributed by atoms with Gasteiger partial charge < -0.3 is 20.0 Å². The highest BCUT2D eigenvalue weighted by Crippen LogP contribution is 2.33. The summed E-state index contributed by atoms with van der Waals surface area (Å²) in [7, 11) is 0. The number of aliphatic hydroxyl groups excluding tert-OH is 1. The van der Waals surface area contributed by atoms with E-state index in [0.717, 1.165) is 24.2 Å². The van der Waals surface area contributed by atoms with Crippen molar-refractivity contribution in [1.82, 2.24) is 44.7 Å². The first kappa shape index (κ1) is 23.7. The van der Waals surface area contributed by atoms with Crippen LogP contribution in [0.2, 0.25) is 0 Å². The van der Waals surface area contributed by atoms with Crippen LogP contribution in [0.4, 0.5) is 10.1 Å². The van der Waals surface area contributed by atoms with E-state index >= 15 is 4.39 Å². The van der Waals surface area contributed by atoms with Crippen LogP contribution in [0.15, 0.2) is 49.4 Å². The average Bonchev–Trinajstić information content (AvgIpc) is 3.65. The van der Waals surface area contributed by atoms with Crippen molar-refractivity contribution in [2.45, 2.75) is 39.3 Å². The fraction of sp³-hybridized carbons (Fsp3) is 0.231. The fourth-order valence-corrected chi connectivity index (χ4v) is 4.44. The number of aromatic nitrogens is 9. The van der Waals surface area contributed by atoms with Gasteiger partial charge in [-0.25, -0.2) is 24.3 Å². The van der Waals surface area contributed by atoms with E-state index in [1.54, 1.807) is 31.0 Å². The molecule has 11 nitrogen and oxygen atoms in total. The summed E-state index contributed by atoms with van der Waals surface area (Å²) >= 11 is 0. The third-order valence-electron chi connectivity index (χ3n) is 6.33. The second-order valence-electron chi connectivity index (χ2n) is 9.08. The van der Waals surface area contributed by atoms with E-state index in [1.807, 2.05) is 23.8 Å². The van der Waals surface area contributed by atoms with Crippen molar-refractivity contribution in [2.75, 3.05) is 5.32 Å². The monoisotopic (exact) mass is 512 g/mol. The number of halogens is 1. The van der Waals surface area contributed by atoms with Gasteiger partial charge in [-0.2, -0.15) is 5.10 Å². The van der Waals surface area contributed by atoms with E-state index in [0.29, 0.717) is 40.4 Å². The topological polar surface area (TPSA) is 146 Å². The Morgan fingerprint density at radius 2 is 2.05 bits per heavy atom. The van der Waals surface area contributed by atoms with Crippen molar-refractivity contribution < 1.29 is 9.50 Å². The highest BCUT2D eigenvalue weighted by atomic mass is 19.1. The fourth-order valence-electron chi connectivity index (χ4n) is 4.44. The summed E-state index contributed by atoms with van der Waals surface area (Å²) in [4.78, 5) is 25.1. The normalized spacial score (nSPS) is 12.4. The molecule has 0 fully saturated rings. The van der Waals surface area contributed by atoms with Gasteiger partial charge in [0, 0.05) is 35.9 Å². The van der Waals surface area contributed by atoms with Gasteiger partial charge in [-0.15, -0.1) is 0 Å². The Labute approximate surface area is 216 Å². The largest absolute Gasteiger partial charge is 0.374 e. The molecule has 0 amide bonds. The first-order chi connectivity index (χ1) is 18.5. The molecule has 0 aliphatic carbocycles. The molecule has 0 bridgehead atoms. The lowest BCUT2D eigenvalue weighted by atomic mass is 10.1.